The van der Waals surface area contributed by atoms with Crippen molar-refractivity contribution in [1.82, 2.24) is 13.5 Å². The van der Waals surface area contributed by atoms with E-state index < -0.39 is 25.9 Å². The van der Waals surface area contributed by atoms with Crippen LogP contribution in [0.4, 0.5) is 0 Å². The molecule has 2 N–H and O–H groups in total. The number of nitrogens with one attached hydrogen (secondary N) is 2. The number of rotatable bonds is 3. The average Bonchev–Trinajstić information content (AvgIpc) is 2.17. The molecule has 0 radical (unpaired) electrons. The molecule has 0 saturated carbocycles. The second kappa shape index (κ2) is 4.22. The summed E-state index contributed by atoms with van der Waals surface area (Å²) in [6.45, 7) is 18.7. The molecule has 0 aromatic heterocycles. The van der Waals surface area contributed by atoms with Gasteiger partial charge in [0.1, 0.15) is 0 Å². The van der Waals surface area contributed by atoms with Crippen LogP contribution in [0.5, 0.6) is 0 Å². The van der Waals surface area contributed by atoms with E-state index in [0.29, 0.717) is 0 Å². The lowest BCUT2D eigenvalue weighted by molar-refractivity contribution is 0.782. The molecule has 3 nitrogen and oxygen atoms in total. The molecule has 0 amide bonds. The minimum absolute atomic E-state index is 1.04. The molecule has 0 aliphatic carbocycles. The van der Waals surface area contributed by atoms with E-state index in [1.807, 2.05) is 6.20 Å². The highest BCUT2D eigenvalue weighted by molar-refractivity contribution is 7.04. The zero-order valence-corrected chi connectivity index (χ0v) is 13.0. The van der Waals surface area contributed by atoms with Crippen LogP contribution in [-0.4, -0.2) is 30.1 Å². The summed E-state index contributed by atoms with van der Waals surface area (Å²) in [6, 6.07) is 0. The number of hydrogen-bond acceptors (Lipinski definition) is 3. The largest absolute Gasteiger partial charge is 0.402 e. The SMILES string of the molecule is C=CN1[Si](C)(C=C)N[SiH](C)N[Si]1(C)C=C. The summed E-state index contributed by atoms with van der Waals surface area (Å²) < 4.78 is 9.83. The molecule has 1 heterocycles. The van der Waals surface area contributed by atoms with Crippen LogP contribution in [-0.2, 0) is 0 Å². The Bertz CT molecular complexity index is 272. The van der Waals surface area contributed by atoms with Crippen molar-refractivity contribution in [3.8, 4) is 0 Å². The Balaban J connectivity index is 3.15. The normalized spacial score (nSPS) is 41.0. The number of hydrogen-bond donors (Lipinski definition) is 2. The van der Waals surface area contributed by atoms with E-state index in [1.165, 1.54) is 0 Å². The lowest BCUT2D eigenvalue weighted by Crippen LogP contribution is -2.83. The van der Waals surface area contributed by atoms with Crippen LogP contribution in [0, 0.1) is 0 Å². The molecular formula is C9H21N3Si3. The molecule has 0 aromatic rings. The summed E-state index contributed by atoms with van der Waals surface area (Å²) in [5.41, 5.74) is 4.18. The third-order valence-corrected chi connectivity index (χ3v) is 17.9. The monoisotopic (exact) mass is 255 g/mol. The minimum atomic E-state index is -1.74. The standard InChI is InChI=1S/C9H21N3Si3/c1-7-12-14(5,8-2)10-13(4)11-15(12,6)9-3/h7-11,13H,1-3H2,4-6H3. The van der Waals surface area contributed by atoms with Gasteiger partial charge in [0, 0.05) is 0 Å². The van der Waals surface area contributed by atoms with Crippen LogP contribution in [0.25, 0.3) is 0 Å². The van der Waals surface area contributed by atoms with Gasteiger partial charge < -0.3 is 13.5 Å². The quantitative estimate of drug-likeness (QED) is 0.739. The molecule has 0 bridgehead atoms. The van der Waals surface area contributed by atoms with Gasteiger partial charge in [-0.2, -0.15) is 0 Å². The smallest absolute Gasteiger partial charge is 0.241 e. The van der Waals surface area contributed by atoms with Crippen LogP contribution in [0.15, 0.2) is 37.3 Å². The molecule has 1 fully saturated rings. The van der Waals surface area contributed by atoms with Crippen molar-refractivity contribution in [2.24, 2.45) is 0 Å². The Morgan fingerprint density at radius 1 is 1.07 bits per heavy atom. The zero-order valence-electron chi connectivity index (χ0n) is 9.88. The van der Waals surface area contributed by atoms with Crippen LogP contribution < -0.4 is 9.30 Å². The van der Waals surface area contributed by atoms with Gasteiger partial charge in [0.05, 0.1) is 0 Å². The molecule has 1 rings (SSSR count). The second-order valence-corrected chi connectivity index (χ2v) is 14.8. The van der Waals surface area contributed by atoms with Crippen molar-refractivity contribution in [2.45, 2.75) is 19.6 Å². The van der Waals surface area contributed by atoms with Crippen molar-refractivity contribution in [2.75, 3.05) is 0 Å². The molecule has 1 saturated heterocycles. The third kappa shape index (κ3) is 2.09. The summed E-state index contributed by atoms with van der Waals surface area (Å²) in [7, 11) is -4.52. The van der Waals surface area contributed by atoms with Gasteiger partial charge in [-0.3, -0.25) is 0 Å². The van der Waals surface area contributed by atoms with Crippen molar-refractivity contribution in [1.29, 1.82) is 0 Å². The zero-order chi connectivity index (χ0) is 11.7. The molecular weight excluding hydrogens is 234 g/mol. The number of nitrogens with zero attached hydrogens (tertiary/aromatic N) is 1. The highest BCUT2D eigenvalue weighted by Gasteiger charge is 2.47. The Morgan fingerprint density at radius 3 is 1.73 bits per heavy atom. The maximum atomic E-state index is 3.98. The van der Waals surface area contributed by atoms with Gasteiger partial charge in [0.25, 0.3) is 0 Å². The van der Waals surface area contributed by atoms with Gasteiger partial charge in [0.2, 0.25) is 16.8 Å². The third-order valence-electron chi connectivity index (χ3n) is 3.00. The minimum Gasteiger partial charge on any atom is -0.402 e. The van der Waals surface area contributed by atoms with E-state index in [9.17, 15) is 0 Å². The average molecular weight is 256 g/mol. The molecule has 84 valence electrons. The lowest BCUT2D eigenvalue weighted by Gasteiger charge is -2.53. The molecule has 6 heteroatoms. The van der Waals surface area contributed by atoms with Crippen molar-refractivity contribution in [3.05, 3.63) is 37.3 Å². The molecule has 1 aliphatic heterocycles. The molecule has 0 aromatic carbocycles. The summed E-state index contributed by atoms with van der Waals surface area (Å²) in [5.74, 6) is 0. The molecule has 15 heavy (non-hydrogen) atoms. The van der Waals surface area contributed by atoms with E-state index in [2.05, 4.69) is 64.3 Å². The first kappa shape index (κ1) is 12.7. The highest BCUT2D eigenvalue weighted by Crippen LogP contribution is 2.21. The van der Waals surface area contributed by atoms with E-state index in [4.69, 9.17) is 0 Å². The van der Waals surface area contributed by atoms with Crippen molar-refractivity contribution >= 4 is 25.9 Å². The van der Waals surface area contributed by atoms with Gasteiger partial charge in [-0.25, -0.2) is 0 Å². The predicted octanol–water partition coefficient (Wildman–Crippen LogP) is 1.07. The van der Waals surface area contributed by atoms with Crippen LogP contribution in [0.2, 0.25) is 19.6 Å². The Hall–Kier alpha value is -0.409. The molecule has 1 aliphatic rings. The summed E-state index contributed by atoms with van der Waals surface area (Å²) >= 11 is 0. The summed E-state index contributed by atoms with van der Waals surface area (Å²) in [4.78, 5) is 0. The van der Waals surface area contributed by atoms with E-state index in [-0.39, 0.29) is 0 Å². The highest BCUT2D eigenvalue weighted by atomic mass is 28.5. The van der Waals surface area contributed by atoms with E-state index >= 15 is 0 Å². The predicted molar refractivity (Wildman–Crippen MR) is 75.0 cm³/mol. The first-order valence-electron chi connectivity index (χ1n) is 5.16. The molecule has 2 unspecified atom stereocenters. The maximum Gasteiger partial charge on any atom is 0.241 e. The maximum absolute atomic E-state index is 3.98. The lowest BCUT2D eigenvalue weighted by atomic mass is 11.1. The van der Waals surface area contributed by atoms with Crippen LogP contribution in [0.1, 0.15) is 0 Å². The Labute approximate surface area is 96.7 Å². The fourth-order valence-electron chi connectivity index (χ4n) is 2.23. The Kier molecular flexibility index (Phi) is 3.56. The van der Waals surface area contributed by atoms with Gasteiger partial charge >= 0.3 is 0 Å². The van der Waals surface area contributed by atoms with Gasteiger partial charge in [-0.15, -0.1) is 13.2 Å². The second-order valence-electron chi connectivity index (χ2n) is 4.27. The first-order chi connectivity index (χ1) is 6.91. The van der Waals surface area contributed by atoms with E-state index in [0.717, 1.165) is 0 Å². The van der Waals surface area contributed by atoms with Crippen LogP contribution in [0.3, 0.4) is 0 Å². The van der Waals surface area contributed by atoms with Gasteiger partial charge in [-0.05, 0) is 25.8 Å². The molecule has 2 atom stereocenters. The van der Waals surface area contributed by atoms with Crippen molar-refractivity contribution < 1.29 is 0 Å². The summed E-state index contributed by atoms with van der Waals surface area (Å²) in [6.07, 6.45) is 1.95. The van der Waals surface area contributed by atoms with Gasteiger partial charge in [-0.1, -0.05) is 18.0 Å². The first-order valence-corrected chi connectivity index (χ1v) is 12.5. The Morgan fingerprint density at radius 2 is 1.47 bits per heavy atom. The van der Waals surface area contributed by atoms with Gasteiger partial charge in [0.15, 0.2) is 9.12 Å². The topological polar surface area (TPSA) is 27.3 Å². The van der Waals surface area contributed by atoms with Crippen molar-refractivity contribution in [3.63, 3.8) is 0 Å². The van der Waals surface area contributed by atoms with E-state index in [1.54, 1.807) is 0 Å². The fraction of sp³-hybridized carbons (Fsp3) is 0.333. The van der Waals surface area contributed by atoms with Crippen LogP contribution >= 0.6 is 0 Å². The fourth-order valence-corrected chi connectivity index (χ4v) is 19.0. The molecule has 0 spiro atoms. The summed E-state index contributed by atoms with van der Waals surface area (Å²) in [5, 5.41) is 0.